The van der Waals surface area contributed by atoms with Gasteiger partial charge in [-0.25, -0.2) is 4.98 Å². The number of benzene rings is 2. The van der Waals surface area contributed by atoms with E-state index in [0.29, 0.717) is 5.92 Å². The van der Waals surface area contributed by atoms with Crippen LogP contribution in [0, 0.1) is 0 Å². The number of rotatable bonds is 8. The van der Waals surface area contributed by atoms with Crippen molar-refractivity contribution in [3.63, 3.8) is 0 Å². The van der Waals surface area contributed by atoms with E-state index >= 15 is 0 Å². The fraction of sp³-hybridized carbons (Fsp3) is 0.480. The van der Waals surface area contributed by atoms with Crippen molar-refractivity contribution in [3.05, 3.63) is 59.9 Å². The van der Waals surface area contributed by atoms with Crippen LogP contribution in [-0.4, -0.2) is 16.2 Å². The first-order valence-corrected chi connectivity index (χ1v) is 10.6. The second-order valence-corrected chi connectivity index (χ2v) is 8.76. The van der Waals surface area contributed by atoms with Crippen LogP contribution in [0.4, 0.5) is 0 Å². The monoisotopic (exact) mass is 378 g/mol. The zero-order valence-corrected chi connectivity index (χ0v) is 18.0. The molecule has 0 radical (unpaired) electrons. The summed E-state index contributed by atoms with van der Waals surface area (Å²) in [4.78, 5) is 4.89. The molecule has 1 atom stereocenters. The van der Waals surface area contributed by atoms with E-state index in [0.717, 1.165) is 43.1 Å². The molecule has 0 saturated carbocycles. The number of fused-ring (bicyclic) bond motifs is 1. The zero-order valence-electron chi connectivity index (χ0n) is 18.0. The molecular formula is C25H34N2O. The number of aromatic nitrogens is 2. The Hall–Kier alpha value is -2.29. The normalized spacial score (nSPS) is 13.0. The maximum Gasteiger partial charge on any atom is 0.119 e. The van der Waals surface area contributed by atoms with Gasteiger partial charge in [-0.2, -0.15) is 0 Å². The third-order valence-corrected chi connectivity index (χ3v) is 5.43. The van der Waals surface area contributed by atoms with E-state index in [9.17, 15) is 0 Å². The fourth-order valence-electron chi connectivity index (χ4n) is 3.56. The number of hydrogen-bond donors (Lipinski definition) is 0. The number of unbranched alkanes of at least 4 members (excludes halogenated alkanes) is 1. The predicted octanol–water partition coefficient (Wildman–Crippen LogP) is 6.71. The van der Waals surface area contributed by atoms with Crippen LogP contribution in [0.15, 0.2) is 48.5 Å². The van der Waals surface area contributed by atoms with Crippen LogP contribution in [0.5, 0.6) is 5.75 Å². The lowest BCUT2D eigenvalue weighted by Gasteiger charge is -2.20. The van der Waals surface area contributed by atoms with E-state index in [1.165, 1.54) is 17.5 Å². The Morgan fingerprint density at radius 3 is 2.39 bits per heavy atom. The molecule has 0 aliphatic heterocycles. The Morgan fingerprint density at radius 2 is 1.71 bits per heavy atom. The van der Waals surface area contributed by atoms with Gasteiger partial charge in [-0.1, -0.05) is 58.9 Å². The highest BCUT2D eigenvalue weighted by Crippen LogP contribution is 2.27. The van der Waals surface area contributed by atoms with Crippen LogP contribution >= 0.6 is 0 Å². The summed E-state index contributed by atoms with van der Waals surface area (Å²) in [6, 6.07) is 17.0. The van der Waals surface area contributed by atoms with Gasteiger partial charge in [0.2, 0.25) is 0 Å². The minimum absolute atomic E-state index is 0.0346. The first-order chi connectivity index (χ1) is 13.4. The van der Waals surface area contributed by atoms with E-state index in [-0.39, 0.29) is 5.41 Å². The molecule has 0 N–H and O–H groups in total. The van der Waals surface area contributed by atoms with E-state index in [1.54, 1.807) is 0 Å². The minimum Gasteiger partial charge on any atom is -0.494 e. The maximum atomic E-state index is 5.95. The van der Waals surface area contributed by atoms with Crippen molar-refractivity contribution in [2.75, 3.05) is 6.61 Å². The molecule has 1 aromatic heterocycles. The third kappa shape index (κ3) is 4.76. The van der Waals surface area contributed by atoms with Gasteiger partial charge in [-0.15, -0.1) is 0 Å². The summed E-state index contributed by atoms with van der Waals surface area (Å²) in [7, 11) is 0. The smallest absolute Gasteiger partial charge is 0.119 e. The molecular weight excluding hydrogens is 344 g/mol. The summed E-state index contributed by atoms with van der Waals surface area (Å²) in [6.45, 7) is 12.9. The molecule has 0 aliphatic carbocycles. The van der Waals surface area contributed by atoms with Crippen molar-refractivity contribution in [3.8, 4) is 5.75 Å². The molecule has 3 rings (SSSR count). The van der Waals surface area contributed by atoms with E-state index in [2.05, 4.69) is 87.7 Å². The Labute approximate surface area is 169 Å². The van der Waals surface area contributed by atoms with Gasteiger partial charge in [0.25, 0.3) is 0 Å². The molecule has 0 bridgehead atoms. The first-order valence-electron chi connectivity index (χ1n) is 10.6. The molecule has 3 nitrogen and oxygen atoms in total. The summed E-state index contributed by atoms with van der Waals surface area (Å²) >= 11 is 0. The molecule has 0 spiro atoms. The molecule has 0 amide bonds. The van der Waals surface area contributed by atoms with Crippen LogP contribution in [0.25, 0.3) is 11.0 Å². The van der Waals surface area contributed by atoms with Gasteiger partial charge in [0, 0.05) is 12.0 Å². The quantitative estimate of drug-likeness (QED) is 0.407. The molecule has 3 heteroatoms. The van der Waals surface area contributed by atoms with Gasteiger partial charge in [0.15, 0.2) is 0 Å². The van der Waals surface area contributed by atoms with Gasteiger partial charge < -0.3 is 9.30 Å². The molecule has 2 aromatic carbocycles. The van der Waals surface area contributed by atoms with E-state index < -0.39 is 0 Å². The van der Waals surface area contributed by atoms with Crippen molar-refractivity contribution >= 4 is 11.0 Å². The Balaban J connectivity index is 1.56. The largest absolute Gasteiger partial charge is 0.494 e. The van der Waals surface area contributed by atoms with E-state index in [1.807, 2.05) is 0 Å². The molecule has 1 heterocycles. The first kappa shape index (κ1) is 20.4. The number of hydrogen-bond acceptors (Lipinski definition) is 2. The molecule has 0 aliphatic rings. The number of ether oxygens (including phenoxy) is 1. The highest BCUT2D eigenvalue weighted by molar-refractivity contribution is 5.76. The van der Waals surface area contributed by atoms with Gasteiger partial charge in [-0.05, 0) is 55.0 Å². The average Bonchev–Trinajstić information content (AvgIpc) is 3.07. The van der Waals surface area contributed by atoms with Gasteiger partial charge in [-0.3, -0.25) is 0 Å². The molecule has 0 fully saturated rings. The minimum atomic E-state index is 0.0346. The van der Waals surface area contributed by atoms with Gasteiger partial charge >= 0.3 is 0 Å². The number of imidazole rings is 1. The summed E-state index contributed by atoms with van der Waals surface area (Å²) in [5, 5.41) is 0. The van der Waals surface area contributed by atoms with Crippen molar-refractivity contribution < 1.29 is 4.74 Å². The average molecular weight is 379 g/mol. The van der Waals surface area contributed by atoms with Crippen LogP contribution in [-0.2, 0) is 12.0 Å². The zero-order chi connectivity index (χ0) is 20.1. The summed E-state index contributed by atoms with van der Waals surface area (Å²) in [6.07, 6.45) is 3.28. The topological polar surface area (TPSA) is 27.1 Å². The summed E-state index contributed by atoms with van der Waals surface area (Å²) in [5.41, 5.74) is 3.74. The predicted molar refractivity (Wildman–Crippen MR) is 118 cm³/mol. The van der Waals surface area contributed by atoms with Crippen LogP contribution < -0.4 is 4.74 Å². The van der Waals surface area contributed by atoms with Crippen molar-refractivity contribution in [1.29, 1.82) is 0 Å². The molecule has 150 valence electrons. The highest BCUT2D eigenvalue weighted by Gasteiger charge is 2.22. The second kappa shape index (κ2) is 8.81. The third-order valence-electron chi connectivity index (χ3n) is 5.43. The van der Waals surface area contributed by atoms with Crippen molar-refractivity contribution in [2.24, 2.45) is 0 Å². The molecule has 1 unspecified atom stereocenters. The Morgan fingerprint density at radius 1 is 1.00 bits per heavy atom. The van der Waals surface area contributed by atoms with Crippen LogP contribution in [0.3, 0.4) is 0 Å². The van der Waals surface area contributed by atoms with Gasteiger partial charge in [0.05, 0.1) is 17.6 Å². The van der Waals surface area contributed by atoms with Gasteiger partial charge in [0.1, 0.15) is 11.6 Å². The van der Waals surface area contributed by atoms with Crippen molar-refractivity contribution in [1.82, 2.24) is 9.55 Å². The van der Waals surface area contributed by atoms with Crippen molar-refractivity contribution in [2.45, 2.75) is 71.8 Å². The fourth-order valence-corrected chi connectivity index (χ4v) is 3.56. The Kier molecular flexibility index (Phi) is 6.43. The Bertz CT molecular complexity index is 887. The standard InChI is InChI=1S/C25H34N2O/c1-6-19(2)20-13-15-21(16-14-20)28-18-10-9-17-27-23-12-8-7-11-22(23)26-24(27)25(3,4)5/h7-8,11-16,19H,6,9-10,17-18H2,1-5H3. The lowest BCUT2D eigenvalue weighted by atomic mass is 9.95. The molecule has 3 aromatic rings. The number of nitrogens with zero attached hydrogens (tertiary/aromatic N) is 2. The maximum absolute atomic E-state index is 5.95. The molecule has 28 heavy (non-hydrogen) atoms. The van der Waals surface area contributed by atoms with Crippen LogP contribution in [0.1, 0.15) is 71.2 Å². The highest BCUT2D eigenvalue weighted by atomic mass is 16.5. The van der Waals surface area contributed by atoms with E-state index in [4.69, 9.17) is 9.72 Å². The lowest BCUT2D eigenvalue weighted by molar-refractivity contribution is 0.302. The summed E-state index contributed by atoms with van der Waals surface area (Å²) < 4.78 is 8.34. The summed E-state index contributed by atoms with van der Waals surface area (Å²) in [5.74, 6) is 2.74. The number of para-hydroxylation sites is 2. The SMILES string of the molecule is CCC(C)c1ccc(OCCCCn2c(C(C)(C)C)nc3ccccc32)cc1. The lowest BCUT2D eigenvalue weighted by Crippen LogP contribution is -2.19. The number of aryl methyl sites for hydroxylation is 1. The molecule has 0 saturated heterocycles. The second-order valence-electron chi connectivity index (χ2n) is 8.76. The van der Waals surface area contributed by atoms with Crippen LogP contribution in [0.2, 0.25) is 0 Å².